The molecule has 0 bridgehead atoms. The highest BCUT2D eigenvalue weighted by molar-refractivity contribution is 5.99. The van der Waals surface area contributed by atoms with Crippen molar-refractivity contribution in [2.75, 3.05) is 19.0 Å². The minimum Gasteiger partial charge on any atom is -0.378 e. The fourth-order valence-electron chi connectivity index (χ4n) is 3.07. The van der Waals surface area contributed by atoms with E-state index in [1.54, 1.807) is 0 Å². The van der Waals surface area contributed by atoms with Crippen LogP contribution in [-0.2, 0) is 0 Å². The van der Waals surface area contributed by atoms with Crippen LogP contribution in [-0.4, -0.2) is 14.1 Å². The Morgan fingerprint density at radius 1 is 0.522 bits per heavy atom. The summed E-state index contributed by atoms with van der Waals surface area (Å²) >= 11 is 0. The first-order chi connectivity index (χ1) is 11.2. The van der Waals surface area contributed by atoms with E-state index >= 15 is 0 Å². The lowest BCUT2D eigenvalue weighted by molar-refractivity contribution is 1.13. The van der Waals surface area contributed by atoms with Gasteiger partial charge in [0, 0.05) is 19.8 Å². The zero-order valence-corrected chi connectivity index (χ0v) is 13.5. The zero-order chi connectivity index (χ0) is 15.8. The number of nitrogens with zero attached hydrogens (tertiary/aromatic N) is 1. The Balaban J connectivity index is 1.82. The molecule has 4 rings (SSSR count). The van der Waals surface area contributed by atoms with Crippen molar-refractivity contribution in [2.24, 2.45) is 0 Å². The molecule has 0 aromatic heterocycles. The summed E-state index contributed by atoms with van der Waals surface area (Å²) in [6.45, 7) is 0. The Morgan fingerprint density at radius 3 is 1.74 bits per heavy atom. The SMILES string of the molecule is CN(C)c1ccc(-c2ccc3cc4ccccc4cc3c2)cc1. The number of hydrogen-bond donors (Lipinski definition) is 0. The van der Waals surface area contributed by atoms with Gasteiger partial charge in [-0.15, -0.1) is 0 Å². The average molecular weight is 297 g/mol. The summed E-state index contributed by atoms with van der Waals surface area (Å²) in [5, 5.41) is 5.17. The van der Waals surface area contributed by atoms with Crippen molar-refractivity contribution in [1.82, 2.24) is 0 Å². The predicted molar refractivity (Wildman–Crippen MR) is 101 cm³/mol. The summed E-state index contributed by atoms with van der Waals surface area (Å²) < 4.78 is 0. The van der Waals surface area contributed by atoms with Crippen molar-refractivity contribution in [3.63, 3.8) is 0 Å². The lowest BCUT2D eigenvalue weighted by Gasteiger charge is -2.13. The molecular formula is C22H19N. The van der Waals surface area contributed by atoms with E-state index in [1.165, 1.54) is 38.4 Å². The number of anilines is 1. The van der Waals surface area contributed by atoms with Crippen molar-refractivity contribution in [3.8, 4) is 11.1 Å². The van der Waals surface area contributed by atoms with Gasteiger partial charge >= 0.3 is 0 Å². The van der Waals surface area contributed by atoms with Gasteiger partial charge in [0.25, 0.3) is 0 Å². The van der Waals surface area contributed by atoms with Crippen LogP contribution >= 0.6 is 0 Å². The number of fused-ring (bicyclic) bond motifs is 2. The molecule has 0 fully saturated rings. The van der Waals surface area contributed by atoms with E-state index in [0.29, 0.717) is 0 Å². The summed E-state index contributed by atoms with van der Waals surface area (Å²) in [4.78, 5) is 2.12. The van der Waals surface area contributed by atoms with E-state index in [1.807, 2.05) is 0 Å². The van der Waals surface area contributed by atoms with E-state index in [4.69, 9.17) is 0 Å². The Labute approximate surface area is 136 Å². The van der Waals surface area contributed by atoms with Gasteiger partial charge in [-0.2, -0.15) is 0 Å². The molecule has 0 spiro atoms. The Hall–Kier alpha value is -2.80. The Bertz CT molecular complexity index is 982. The van der Waals surface area contributed by atoms with Gasteiger partial charge in [-0.25, -0.2) is 0 Å². The normalized spacial score (nSPS) is 11.0. The van der Waals surface area contributed by atoms with Crippen molar-refractivity contribution in [1.29, 1.82) is 0 Å². The first-order valence-electron chi connectivity index (χ1n) is 7.91. The van der Waals surface area contributed by atoms with Crippen LogP contribution in [0, 0.1) is 0 Å². The third-order valence-corrected chi connectivity index (χ3v) is 4.42. The molecule has 4 aromatic carbocycles. The zero-order valence-electron chi connectivity index (χ0n) is 13.5. The van der Waals surface area contributed by atoms with Crippen LogP contribution in [0.1, 0.15) is 0 Å². The fourth-order valence-corrected chi connectivity index (χ4v) is 3.07. The molecule has 1 heteroatoms. The second-order valence-corrected chi connectivity index (χ2v) is 6.20. The van der Waals surface area contributed by atoms with Crippen molar-refractivity contribution >= 4 is 27.2 Å². The fraction of sp³-hybridized carbons (Fsp3) is 0.0909. The monoisotopic (exact) mass is 297 g/mol. The highest BCUT2D eigenvalue weighted by Gasteiger charge is 2.03. The van der Waals surface area contributed by atoms with Crippen LogP contribution in [0.5, 0.6) is 0 Å². The van der Waals surface area contributed by atoms with Gasteiger partial charge in [-0.05, 0) is 63.0 Å². The molecule has 0 unspecified atom stereocenters. The molecule has 0 amide bonds. The molecular weight excluding hydrogens is 278 g/mol. The van der Waals surface area contributed by atoms with E-state index in [2.05, 4.69) is 97.9 Å². The first kappa shape index (κ1) is 13.8. The molecule has 0 saturated heterocycles. The summed E-state index contributed by atoms with van der Waals surface area (Å²) in [7, 11) is 4.13. The predicted octanol–water partition coefficient (Wildman–Crippen LogP) is 5.73. The minimum absolute atomic E-state index is 1.22. The molecule has 23 heavy (non-hydrogen) atoms. The highest BCUT2D eigenvalue weighted by atomic mass is 15.1. The van der Waals surface area contributed by atoms with Crippen molar-refractivity contribution < 1.29 is 0 Å². The summed E-state index contributed by atoms with van der Waals surface area (Å²) in [5.41, 5.74) is 3.74. The van der Waals surface area contributed by atoms with E-state index in [-0.39, 0.29) is 0 Å². The summed E-state index contributed by atoms with van der Waals surface area (Å²) in [6.07, 6.45) is 0. The lowest BCUT2D eigenvalue weighted by Crippen LogP contribution is -2.07. The van der Waals surface area contributed by atoms with Gasteiger partial charge < -0.3 is 4.90 Å². The Morgan fingerprint density at radius 2 is 1.09 bits per heavy atom. The van der Waals surface area contributed by atoms with Crippen LogP contribution in [0.3, 0.4) is 0 Å². The third kappa shape index (κ3) is 2.55. The maximum Gasteiger partial charge on any atom is 0.0361 e. The van der Waals surface area contributed by atoms with Gasteiger partial charge in [-0.1, -0.05) is 48.5 Å². The van der Waals surface area contributed by atoms with E-state index < -0.39 is 0 Å². The van der Waals surface area contributed by atoms with Crippen LogP contribution in [0.2, 0.25) is 0 Å². The lowest BCUT2D eigenvalue weighted by atomic mass is 9.98. The second kappa shape index (κ2) is 5.44. The second-order valence-electron chi connectivity index (χ2n) is 6.20. The van der Waals surface area contributed by atoms with Crippen LogP contribution < -0.4 is 4.90 Å². The Kier molecular flexibility index (Phi) is 3.27. The van der Waals surface area contributed by atoms with E-state index in [0.717, 1.165) is 0 Å². The molecule has 0 saturated carbocycles. The average Bonchev–Trinajstić information content (AvgIpc) is 2.59. The quantitative estimate of drug-likeness (QED) is 0.427. The topological polar surface area (TPSA) is 3.24 Å². The molecule has 0 radical (unpaired) electrons. The molecule has 0 N–H and O–H groups in total. The molecule has 0 atom stereocenters. The van der Waals surface area contributed by atoms with Crippen molar-refractivity contribution in [3.05, 3.63) is 78.9 Å². The van der Waals surface area contributed by atoms with Gasteiger partial charge in [0.2, 0.25) is 0 Å². The summed E-state index contributed by atoms with van der Waals surface area (Å²) in [5.74, 6) is 0. The molecule has 112 valence electrons. The highest BCUT2D eigenvalue weighted by Crippen LogP contribution is 2.28. The van der Waals surface area contributed by atoms with Gasteiger partial charge in [0.05, 0.1) is 0 Å². The molecule has 0 aliphatic carbocycles. The van der Waals surface area contributed by atoms with Crippen LogP contribution in [0.25, 0.3) is 32.7 Å². The number of hydrogen-bond acceptors (Lipinski definition) is 1. The smallest absolute Gasteiger partial charge is 0.0361 e. The van der Waals surface area contributed by atoms with Gasteiger partial charge in [-0.3, -0.25) is 0 Å². The maximum atomic E-state index is 2.28. The maximum absolute atomic E-state index is 2.28. The number of benzene rings is 4. The van der Waals surface area contributed by atoms with Crippen LogP contribution in [0.15, 0.2) is 78.9 Å². The largest absolute Gasteiger partial charge is 0.378 e. The molecule has 1 nitrogen and oxygen atoms in total. The first-order valence-corrected chi connectivity index (χ1v) is 7.91. The van der Waals surface area contributed by atoms with Gasteiger partial charge in [0.1, 0.15) is 0 Å². The molecule has 0 aliphatic heterocycles. The number of rotatable bonds is 2. The minimum atomic E-state index is 1.22. The molecule has 0 heterocycles. The van der Waals surface area contributed by atoms with Gasteiger partial charge in [0.15, 0.2) is 0 Å². The molecule has 0 aliphatic rings. The summed E-state index contributed by atoms with van der Waals surface area (Å²) in [6, 6.07) is 28.5. The standard InChI is InChI=1S/C22H19N/c1-23(2)22-11-9-16(10-12-22)19-7-8-20-13-17-5-3-4-6-18(17)14-21(20)15-19/h3-15H,1-2H3. The third-order valence-electron chi connectivity index (χ3n) is 4.42. The van der Waals surface area contributed by atoms with Crippen molar-refractivity contribution in [2.45, 2.75) is 0 Å². The molecule has 4 aromatic rings. The van der Waals surface area contributed by atoms with E-state index in [9.17, 15) is 0 Å². The van der Waals surface area contributed by atoms with Crippen LogP contribution in [0.4, 0.5) is 5.69 Å².